The molecule has 0 unspecified atom stereocenters. The van der Waals surface area contributed by atoms with E-state index in [1.54, 1.807) is 48.6 Å². The fourth-order valence-corrected chi connectivity index (χ4v) is 3.86. The summed E-state index contributed by atoms with van der Waals surface area (Å²) in [6.07, 6.45) is 0. The van der Waals surface area contributed by atoms with Gasteiger partial charge in [-0.05, 0) is 49.6 Å². The summed E-state index contributed by atoms with van der Waals surface area (Å²) in [5, 5.41) is 5.24. The maximum atomic E-state index is 12.9. The number of nitrogens with one attached hydrogen (secondary N) is 1. The van der Waals surface area contributed by atoms with Crippen molar-refractivity contribution in [1.82, 2.24) is 5.32 Å². The Kier molecular flexibility index (Phi) is 6.04. The molecular weight excluding hydrogens is 414 g/mol. The number of fused-ring (bicyclic) bond motifs is 1. The van der Waals surface area contributed by atoms with Crippen molar-refractivity contribution >= 4 is 28.2 Å². The molecule has 4 aromatic rings. The second-order valence-corrected chi connectivity index (χ2v) is 7.96. The molecule has 4 rings (SSSR count). The number of thiophene rings is 1. The molecule has 0 aliphatic heterocycles. The van der Waals surface area contributed by atoms with E-state index < -0.39 is 0 Å². The lowest BCUT2D eigenvalue weighted by atomic mass is 10.2. The number of hydrogen-bond acceptors (Lipinski definition) is 6. The molecule has 6 nitrogen and oxygen atoms in total. The fraction of sp³-hybridized carbons (Fsp3) is 0.167. The summed E-state index contributed by atoms with van der Waals surface area (Å²) in [5.74, 6) is 1.27. The van der Waals surface area contributed by atoms with Crippen LogP contribution < -0.4 is 20.2 Å². The lowest BCUT2D eigenvalue weighted by Gasteiger charge is -2.13. The first-order chi connectivity index (χ1) is 15.0. The summed E-state index contributed by atoms with van der Waals surface area (Å²) >= 11 is 1.59. The van der Waals surface area contributed by atoms with Gasteiger partial charge in [0.05, 0.1) is 11.4 Å². The summed E-state index contributed by atoms with van der Waals surface area (Å²) < 4.78 is 17.1. The van der Waals surface area contributed by atoms with Crippen LogP contribution >= 0.6 is 11.3 Å². The molecule has 1 atom stereocenters. The second kappa shape index (κ2) is 9.06. The molecule has 2 aromatic carbocycles. The van der Waals surface area contributed by atoms with Gasteiger partial charge in [-0.15, -0.1) is 11.3 Å². The van der Waals surface area contributed by atoms with Gasteiger partial charge in [0.1, 0.15) is 22.8 Å². The number of carbonyl (C=O) groups is 1. The van der Waals surface area contributed by atoms with Crippen molar-refractivity contribution in [2.75, 3.05) is 6.61 Å². The molecule has 0 radical (unpaired) electrons. The minimum absolute atomic E-state index is 0.0867. The zero-order valence-electron chi connectivity index (χ0n) is 17.1. The van der Waals surface area contributed by atoms with Crippen LogP contribution in [-0.4, -0.2) is 12.5 Å². The van der Waals surface area contributed by atoms with E-state index in [9.17, 15) is 9.59 Å². The monoisotopic (exact) mass is 435 g/mol. The second-order valence-electron chi connectivity index (χ2n) is 6.98. The third kappa shape index (κ3) is 4.78. The van der Waals surface area contributed by atoms with E-state index in [2.05, 4.69) is 5.32 Å². The molecule has 0 bridgehead atoms. The van der Waals surface area contributed by atoms with Crippen molar-refractivity contribution in [3.05, 3.63) is 86.9 Å². The summed E-state index contributed by atoms with van der Waals surface area (Å²) in [4.78, 5) is 26.1. The van der Waals surface area contributed by atoms with E-state index in [1.165, 1.54) is 0 Å². The number of amides is 1. The highest BCUT2D eigenvalue weighted by molar-refractivity contribution is 7.10. The van der Waals surface area contributed by atoms with Crippen LogP contribution in [0.25, 0.3) is 11.0 Å². The predicted molar refractivity (Wildman–Crippen MR) is 120 cm³/mol. The Labute approximate surface area is 183 Å². The van der Waals surface area contributed by atoms with Gasteiger partial charge in [0.25, 0.3) is 5.91 Å². The van der Waals surface area contributed by atoms with Gasteiger partial charge in [-0.2, -0.15) is 0 Å². The van der Waals surface area contributed by atoms with E-state index in [0.29, 0.717) is 28.2 Å². The Hall–Kier alpha value is -3.58. The van der Waals surface area contributed by atoms with Crippen molar-refractivity contribution in [3.8, 4) is 17.2 Å². The average molecular weight is 436 g/mol. The van der Waals surface area contributed by atoms with E-state index >= 15 is 0 Å². The zero-order chi connectivity index (χ0) is 21.8. The Balaban J connectivity index is 1.47. The van der Waals surface area contributed by atoms with Crippen LogP contribution in [0.3, 0.4) is 0 Å². The summed E-state index contributed by atoms with van der Waals surface area (Å²) in [6, 6.07) is 17.7. The Morgan fingerprint density at radius 1 is 1.10 bits per heavy atom. The minimum Gasteiger partial charge on any atom is -0.484 e. The lowest BCUT2D eigenvalue weighted by molar-refractivity contribution is -0.123. The molecule has 0 aliphatic carbocycles. The number of benzene rings is 2. The molecular formula is C24H21NO5S. The highest BCUT2D eigenvalue weighted by Crippen LogP contribution is 2.27. The van der Waals surface area contributed by atoms with Gasteiger partial charge in [0.15, 0.2) is 6.61 Å². The van der Waals surface area contributed by atoms with Crippen LogP contribution in [0.5, 0.6) is 17.2 Å². The molecule has 1 amide bonds. The number of carbonyl (C=O) groups excluding carboxylic acids is 1. The van der Waals surface area contributed by atoms with Gasteiger partial charge >= 0.3 is 0 Å². The molecule has 158 valence electrons. The highest BCUT2D eigenvalue weighted by atomic mass is 32.1. The Bertz CT molecular complexity index is 1250. The summed E-state index contributed by atoms with van der Waals surface area (Å²) in [6.45, 7) is 3.46. The number of rotatable bonds is 7. The summed E-state index contributed by atoms with van der Waals surface area (Å²) in [5.41, 5.74) is 0.101. The van der Waals surface area contributed by atoms with E-state index in [4.69, 9.17) is 13.9 Å². The molecule has 0 saturated heterocycles. The van der Waals surface area contributed by atoms with Gasteiger partial charge in [-0.1, -0.05) is 24.3 Å². The van der Waals surface area contributed by atoms with Crippen molar-refractivity contribution in [2.24, 2.45) is 0 Å². The van der Waals surface area contributed by atoms with Crippen molar-refractivity contribution in [3.63, 3.8) is 0 Å². The molecule has 2 heterocycles. The highest BCUT2D eigenvalue weighted by Gasteiger charge is 2.15. The van der Waals surface area contributed by atoms with E-state index in [1.807, 2.05) is 42.6 Å². The fourth-order valence-electron chi connectivity index (χ4n) is 3.12. The number of hydrogen-bond donors (Lipinski definition) is 1. The first-order valence-corrected chi connectivity index (χ1v) is 10.6. The van der Waals surface area contributed by atoms with Crippen LogP contribution in [0, 0.1) is 6.92 Å². The standard InChI is InChI=1S/C24H21NO5S/c1-15(21-9-6-12-31-21)25-22(26)14-28-18-10-11-19-20(13-18)29-16(2)24(23(19)27)30-17-7-4-3-5-8-17/h3-13,15H,14H2,1-2H3,(H,25,26)/t15-/m0/s1. The third-order valence-electron chi connectivity index (χ3n) is 4.67. The van der Waals surface area contributed by atoms with Crippen LogP contribution in [-0.2, 0) is 4.79 Å². The van der Waals surface area contributed by atoms with E-state index in [-0.39, 0.29) is 29.7 Å². The van der Waals surface area contributed by atoms with Gasteiger partial charge in [-0.3, -0.25) is 9.59 Å². The Morgan fingerprint density at radius 3 is 2.65 bits per heavy atom. The molecule has 2 aromatic heterocycles. The average Bonchev–Trinajstić information content (AvgIpc) is 3.31. The molecule has 0 saturated carbocycles. The normalized spacial score (nSPS) is 11.8. The molecule has 0 fully saturated rings. The molecule has 0 aliphatic rings. The van der Waals surface area contributed by atoms with E-state index in [0.717, 1.165) is 4.88 Å². The molecule has 0 spiro atoms. The Morgan fingerprint density at radius 2 is 1.90 bits per heavy atom. The quantitative estimate of drug-likeness (QED) is 0.431. The number of aryl methyl sites for hydroxylation is 1. The largest absolute Gasteiger partial charge is 0.484 e. The molecule has 7 heteroatoms. The van der Waals surface area contributed by atoms with Crippen molar-refractivity contribution in [2.45, 2.75) is 19.9 Å². The predicted octanol–water partition coefficient (Wildman–Crippen LogP) is 5.21. The number of para-hydroxylation sites is 1. The van der Waals surface area contributed by atoms with Crippen molar-refractivity contribution in [1.29, 1.82) is 0 Å². The first kappa shape index (κ1) is 20.7. The first-order valence-electron chi connectivity index (χ1n) is 9.77. The maximum Gasteiger partial charge on any atom is 0.258 e. The van der Waals surface area contributed by atoms with Crippen LogP contribution in [0.4, 0.5) is 0 Å². The van der Waals surface area contributed by atoms with Crippen LogP contribution in [0.2, 0.25) is 0 Å². The molecule has 31 heavy (non-hydrogen) atoms. The van der Waals surface area contributed by atoms with Gasteiger partial charge in [-0.25, -0.2) is 0 Å². The van der Waals surface area contributed by atoms with Crippen LogP contribution in [0.1, 0.15) is 23.6 Å². The van der Waals surface area contributed by atoms with Gasteiger partial charge in [0.2, 0.25) is 11.2 Å². The topological polar surface area (TPSA) is 77.8 Å². The molecule has 1 N–H and O–H groups in total. The summed E-state index contributed by atoms with van der Waals surface area (Å²) in [7, 11) is 0. The van der Waals surface area contributed by atoms with Gasteiger partial charge < -0.3 is 19.2 Å². The lowest BCUT2D eigenvalue weighted by Crippen LogP contribution is -2.30. The smallest absolute Gasteiger partial charge is 0.258 e. The minimum atomic E-state index is -0.267. The van der Waals surface area contributed by atoms with Crippen LogP contribution in [0.15, 0.2) is 75.3 Å². The maximum absolute atomic E-state index is 12.9. The third-order valence-corrected chi connectivity index (χ3v) is 5.72. The van der Waals surface area contributed by atoms with Crippen molar-refractivity contribution < 1.29 is 18.7 Å². The van der Waals surface area contributed by atoms with Gasteiger partial charge in [0, 0.05) is 10.9 Å². The number of ether oxygens (including phenoxy) is 2. The zero-order valence-corrected chi connectivity index (χ0v) is 17.9. The SMILES string of the molecule is Cc1oc2cc(OCC(=O)N[C@@H](C)c3cccs3)ccc2c(=O)c1Oc1ccccc1.